The summed E-state index contributed by atoms with van der Waals surface area (Å²) in [6, 6.07) is 0.0112. The molecule has 0 aromatic rings. The molecule has 0 aromatic heterocycles. The van der Waals surface area contributed by atoms with Crippen LogP contribution in [-0.4, -0.2) is 77.5 Å². The van der Waals surface area contributed by atoms with E-state index in [1.165, 1.54) is 0 Å². The van der Waals surface area contributed by atoms with Gasteiger partial charge in [-0.05, 0) is 82.5 Å². The van der Waals surface area contributed by atoms with Crippen LogP contribution in [-0.2, 0) is 4.74 Å². The van der Waals surface area contributed by atoms with Crippen molar-refractivity contribution in [2.24, 2.45) is 11.8 Å². The maximum absolute atomic E-state index is 14.1. The molecule has 11 nitrogen and oxygen atoms in total. The van der Waals surface area contributed by atoms with Crippen LogP contribution < -0.4 is 32.1 Å². The van der Waals surface area contributed by atoms with E-state index < -0.39 is 24.7 Å². The van der Waals surface area contributed by atoms with E-state index >= 15 is 0 Å². The number of amides is 2. The number of allylic oxidation sites excluding steroid dienone is 3. The Morgan fingerprint density at radius 2 is 2.05 bits per heavy atom. The third-order valence-corrected chi connectivity index (χ3v) is 8.33. The molecule has 1 fully saturated rings. The van der Waals surface area contributed by atoms with Gasteiger partial charge in [-0.15, -0.1) is 0 Å². The Morgan fingerprint density at radius 3 is 2.83 bits per heavy atom. The zero-order valence-corrected chi connectivity index (χ0v) is 23.3. The molecule has 9 N–H and O–H groups in total. The maximum Gasteiger partial charge on any atom is 0.323 e. The van der Waals surface area contributed by atoms with E-state index in [0.717, 1.165) is 31.4 Å². The number of aliphatic hydroxyl groups is 2. The number of nitrogens with one attached hydrogen (secondary N) is 6. The van der Waals surface area contributed by atoms with Crippen LogP contribution in [0.4, 0.5) is 9.18 Å². The van der Waals surface area contributed by atoms with Crippen LogP contribution in [0.1, 0.15) is 64.7 Å². The SMILES string of the molecule is C[C@H]1C=C(NC(=O)NC2=CC[C@@H](OC3C=CNC(C4CC([C@@H](O)NCCC[C@H](O)NO)CN4)C3)CC2)[C@@H](F)CC1. The highest BCUT2D eigenvalue weighted by Gasteiger charge is 2.36. The minimum atomic E-state index is -1.12. The first-order chi connectivity index (χ1) is 19.3. The minimum absolute atomic E-state index is 0.0142. The van der Waals surface area contributed by atoms with Crippen molar-refractivity contribution >= 4 is 6.03 Å². The van der Waals surface area contributed by atoms with Crippen molar-refractivity contribution in [2.45, 2.75) is 108 Å². The van der Waals surface area contributed by atoms with Crippen LogP contribution in [0.3, 0.4) is 0 Å². The average molecular weight is 567 g/mol. The fraction of sp³-hybridized carbons (Fsp3) is 0.750. The predicted molar refractivity (Wildman–Crippen MR) is 148 cm³/mol. The molecule has 0 saturated carbocycles. The van der Waals surface area contributed by atoms with Gasteiger partial charge in [-0.1, -0.05) is 19.1 Å². The molecular formula is C28H47FN6O5. The molecule has 2 heterocycles. The van der Waals surface area contributed by atoms with Crippen molar-refractivity contribution in [2.75, 3.05) is 13.1 Å². The summed E-state index contributed by atoms with van der Waals surface area (Å²) >= 11 is 0. The van der Waals surface area contributed by atoms with Crippen LogP contribution in [0, 0.1) is 11.8 Å². The van der Waals surface area contributed by atoms with Crippen LogP contribution in [0.15, 0.2) is 35.8 Å². The molecule has 40 heavy (non-hydrogen) atoms. The molecule has 0 aromatic carbocycles. The lowest BCUT2D eigenvalue weighted by Crippen LogP contribution is -2.47. The van der Waals surface area contributed by atoms with Crippen LogP contribution in [0.2, 0.25) is 0 Å². The summed E-state index contributed by atoms with van der Waals surface area (Å²) < 4.78 is 20.5. The summed E-state index contributed by atoms with van der Waals surface area (Å²) in [7, 11) is 0. The van der Waals surface area contributed by atoms with Crippen LogP contribution >= 0.6 is 0 Å². The fourth-order valence-corrected chi connectivity index (χ4v) is 5.97. The molecule has 4 aliphatic rings. The van der Waals surface area contributed by atoms with Crippen molar-refractivity contribution < 1.29 is 29.3 Å². The molecule has 2 amide bonds. The zero-order valence-electron chi connectivity index (χ0n) is 23.3. The fourth-order valence-electron chi connectivity index (χ4n) is 5.97. The predicted octanol–water partition coefficient (Wildman–Crippen LogP) is 1.60. The largest absolute Gasteiger partial charge is 0.387 e. The molecule has 1 saturated heterocycles. The van der Waals surface area contributed by atoms with Crippen molar-refractivity contribution in [3.05, 3.63) is 35.8 Å². The quantitative estimate of drug-likeness (QED) is 0.0972. The molecular weight excluding hydrogens is 519 g/mol. The van der Waals surface area contributed by atoms with Gasteiger partial charge in [0.1, 0.15) is 18.6 Å². The molecule has 226 valence electrons. The van der Waals surface area contributed by atoms with Gasteiger partial charge in [0.05, 0.1) is 12.2 Å². The zero-order chi connectivity index (χ0) is 28.5. The van der Waals surface area contributed by atoms with Gasteiger partial charge in [-0.3, -0.25) is 5.32 Å². The van der Waals surface area contributed by atoms with E-state index in [2.05, 4.69) is 26.6 Å². The van der Waals surface area contributed by atoms with E-state index in [4.69, 9.17) is 9.94 Å². The molecule has 12 heteroatoms. The number of ether oxygens (including phenoxy) is 1. The summed E-state index contributed by atoms with van der Waals surface area (Å²) in [4.78, 5) is 12.4. The molecule has 0 radical (unpaired) electrons. The number of urea groups is 1. The normalized spacial score (nSPS) is 33.9. The van der Waals surface area contributed by atoms with Gasteiger partial charge in [0.15, 0.2) is 0 Å². The summed E-state index contributed by atoms with van der Waals surface area (Å²) in [6.45, 7) is 3.29. The third kappa shape index (κ3) is 9.23. The Morgan fingerprint density at radius 1 is 1.20 bits per heavy atom. The number of carbonyl (C=O) groups excluding carboxylic acids is 1. The number of aliphatic hydroxyl groups excluding tert-OH is 2. The first kappa shape index (κ1) is 30.9. The Hall–Kier alpha value is -2.06. The van der Waals surface area contributed by atoms with Crippen molar-refractivity contribution in [3.8, 4) is 0 Å². The Kier molecular flexibility index (Phi) is 11.8. The van der Waals surface area contributed by atoms with E-state index in [0.29, 0.717) is 50.9 Å². The number of halogens is 1. The third-order valence-electron chi connectivity index (χ3n) is 8.33. The number of rotatable bonds is 12. The Labute approximate surface area is 236 Å². The van der Waals surface area contributed by atoms with Gasteiger partial charge >= 0.3 is 6.03 Å². The number of alkyl halides is 1. The van der Waals surface area contributed by atoms with Gasteiger partial charge in [0.25, 0.3) is 0 Å². The Bertz CT molecular complexity index is 920. The molecule has 0 bridgehead atoms. The second kappa shape index (κ2) is 15.2. The monoisotopic (exact) mass is 566 g/mol. The van der Waals surface area contributed by atoms with E-state index in [1.54, 1.807) is 11.6 Å². The highest BCUT2D eigenvalue weighted by molar-refractivity contribution is 5.77. The lowest BCUT2D eigenvalue weighted by Gasteiger charge is -2.33. The average Bonchev–Trinajstić information content (AvgIpc) is 3.45. The Balaban J connectivity index is 1.15. The molecule has 9 atom stereocenters. The standard InChI is InChI=1S/C28H47FN6O5/c1-17-4-9-22(29)23(13-17)34-28(38)33-19-5-7-20(8-6-19)40-21-10-12-30-25(15-21)24-14-18(16-32-24)27(37)31-11-2-3-26(36)35-39/h5,10,12-13,17-18,20-22,24-27,30-32,35-37,39H,2-4,6-9,11,14-16H2,1H3,(H2,33,34,38)/t17-,18?,20-,21?,22+,24?,25?,26+,27-/m1/s1. The number of hydroxylamine groups is 1. The van der Waals surface area contributed by atoms with Crippen molar-refractivity contribution in [3.63, 3.8) is 0 Å². The number of hydrogen-bond acceptors (Lipinski definition) is 9. The van der Waals surface area contributed by atoms with Crippen LogP contribution in [0.5, 0.6) is 0 Å². The lowest BCUT2D eigenvalue weighted by atomic mass is 9.93. The highest BCUT2D eigenvalue weighted by atomic mass is 19.1. The molecule has 2 aliphatic heterocycles. The molecule has 4 rings (SSSR count). The summed E-state index contributed by atoms with van der Waals surface area (Å²) in [5.41, 5.74) is 3.01. The summed E-state index contributed by atoms with van der Waals surface area (Å²) in [5.74, 6) is 0.346. The van der Waals surface area contributed by atoms with Crippen LogP contribution in [0.25, 0.3) is 0 Å². The van der Waals surface area contributed by atoms with Gasteiger partial charge in [0.2, 0.25) is 0 Å². The topological polar surface area (TPSA) is 159 Å². The molecule has 4 unspecified atom stereocenters. The lowest BCUT2D eigenvalue weighted by molar-refractivity contribution is -0.00536. The molecule has 0 spiro atoms. The first-order valence-corrected chi connectivity index (χ1v) is 14.7. The minimum Gasteiger partial charge on any atom is -0.387 e. The number of hydrogen-bond donors (Lipinski definition) is 9. The van der Waals surface area contributed by atoms with E-state index in [-0.39, 0.29) is 36.1 Å². The second-order valence-corrected chi connectivity index (χ2v) is 11.6. The maximum atomic E-state index is 14.1. The smallest absolute Gasteiger partial charge is 0.323 e. The summed E-state index contributed by atoms with van der Waals surface area (Å²) in [6.07, 6.45) is 11.3. The van der Waals surface area contributed by atoms with E-state index in [9.17, 15) is 19.4 Å². The number of carbonyl (C=O) groups is 1. The van der Waals surface area contributed by atoms with Crippen molar-refractivity contribution in [1.29, 1.82) is 0 Å². The molecule has 2 aliphatic carbocycles. The van der Waals surface area contributed by atoms with Gasteiger partial charge in [0, 0.05) is 35.9 Å². The highest BCUT2D eigenvalue weighted by Crippen LogP contribution is 2.27. The van der Waals surface area contributed by atoms with Gasteiger partial charge in [-0.2, -0.15) is 5.48 Å². The van der Waals surface area contributed by atoms with Crippen molar-refractivity contribution in [1.82, 2.24) is 32.1 Å². The van der Waals surface area contributed by atoms with Gasteiger partial charge in [-0.25, -0.2) is 9.18 Å². The van der Waals surface area contributed by atoms with E-state index in [1.807, 2.05) is 25.3 Å². The first-order valence-electron chi connectivity index (χ1n) is 14.7. The van der Waals surface area contributed by atoms with Gasteiger partial charge < -0.3 is 41.4 Å². The second-order valence-electron chi connectivity index (χ2n) is 11.6. The summed E-state index contributed by atoms with van der Waals surface area (Å²) in [5, 5.41) is 44.2.